The van der Waals surface area contributed by atoms with Crippen LogP contribution in [0.1, 0.15) is 43.9 Å². The van der Waals surface area contributed by atoms with E-state index in [-0.39, 0.29) is 5.91 Å². The topological polar surface area (TPSA) is 71.6 Å². The average Bonchev–Trinajstić information content (AvgIpc) is 2.78. The quantitative estimate of drug-likeness (QED) is 0.406. The maximum Gasteiger partial charge on any atom is 0.251 e. The summed E-state index contributed by atoms with van der Waals surface area (Å²) in [5.41, 5.74) is 3.22. The summed E-state index contributed by atoms with van der Waals surface area (Å²) in [7, 11) is 1.61. The smallest absolute Gasteiger partial charge is 0.251 e. The summed E-state index contributed by atoms with van der Waals surface area (Å²) in [5, 5.41) is 9.77. The number of carbonyl (C=O) groups excluding carboxylic acids is 1. The van der Waals surface area contributed by atoms with Crippen molar-refractivity contribution >= 4 is 23.2 Å². The Labute approximate surface area is 189 Å². The van der Waals surface area contributed by atoms with Crippen molar-refractivity contribution < 1.29 is 14.3 Å². The highest BCUT2D eigenvalue weighted by Crippen LogP contribution is 2.34. The van der Waals surface area contributed by atoms with Gasteiger partial charge < -0.3 is 25.4 Å². The van der Waals surface area contributed by atoms with Gasteiger partial charge >= 0.3 is 0 Å². The molecule has 0 radical (unpaired) electrons. The maximum absolute atomic E-state index is 13.1. The minimum Gasteiger partial charge on any atom is -0.493 e. The molecule has 31 heavy (non-hydrogen) atoms. The molecule has 0 aliphatic carbocycles. The van der Waals surface area contributed by atoms with Crippen LogP contribution < -0.4 is 25.4 Å². The lowest BCUT2D eigenvalue weighted by molar-refractivity contribution is -0.118. The lowest BCUT2D eigenvalue weighted by Gasteiger charge is -2.30. The van der Waals surface area contributed by atoms with Crippen molar-refractivity contribution in [2.24, 2.45) is 0 Å². The molecule has 0 bridgehead atoms. The highest BCUT2D eigenvalue weighted by Gasteiger charge is 2.30. The summed E-state index contributed by atoms with van der Waals surface area (Å²) in [5.74, 6) is 1.16. The molecule has 1 aliphatic heterocycles. The molecule has 3 rings (SSSR count). The third kappa shape index (κ3) is 5.76. The number of ether oxygens (including phenoxy) is 2. The summed E-state index contributed by atoms with van der Waals surface area (Å²) >= 11 is 5.35. The lowest BCUT2D eigenvalue weighted by Crippen LogP contribution is -2.46. The zero-order chi connectivity index (χ0) is 22.2. The molecule has 2 aromatic rings. The van der Waals surface area contributed by atoms with Crippen LogP contribution in [0.4, 0.5) is 0 Å². The van der Waals surface area contributed by atoms with E-state index in [4.69, 9.17) is 21.7 Å². The number of carbonyl (C=O) groups is 1. The van der Waals surface area contributed by atoms with Crippen molar-refractivity contribution in [1.82, 2.24) is 16.0 Å². The van der Waals surface area contributed by atoms with Crippen LogP contribution in [0.15, 0.2) is 59.8 Å². The molecule has 1 atom stereocenters. The Morgan fingerprint density at radius 3 is 2.65 bits per heavy atom. The molecule has 1 unspecified atom stereocenters. The van der Waals surface area contributed by atoms with E-state index in [2.05, 4.69) is 22.9 Å². The molecule has 1 aliphatic rings. The summed E-state index contributed by atoms with van der Waals surface area (Å²) in [6.45, 7) is 5.06. The van der Waals surface area contributed by atoms with Crippen molar-refractivity contribution in [3.8, 4) is 11.5 Å². The fourth-order valence-corrected chi connectivity index (χ4v) is 3.70. The van der Waals surface area contributed by atoms with Crippen LogP contribution in [0.2, 0.25) is 0 Å². The van der Waals surface area contributed by atoms with E-state index in [9.17, 15) is 4.79 Å². The van der Waals surface area contributed by atoms with Crippen molar-refractivity contribution in [2.45, 2.75) is 39.3 Å². The molecule has 3 N–H and O–H groups in total. The highest BCUT2D eigenvalue weighted by molar-refractivity contribution is 7.80. The lowest BCUT2D eigenvalue weighted by atomic mass is 9.94. The molecule has 7 heteroatoms. The van der Waals surface area contributed by atoms with Crippen LogP contribution in [0, 0.1) is 0 Å². The third-order valence-corrected chi connectivity index (χ3v) is 5.31. The second-order valence-corrected chi connectivity index (χ2v) is 7.76. The van der Waals surface area contributed by atoms with E-state index < -0.39 is 6.04 Å². The molecule has 164 valence electrons. The van der Waals surface area contributed by atoms with Gasteiger partial charge in [0.15, 0.2) is 16.6 Å². The van der Waals surface area contributed by atoms with E-state index >= 15 is 0 Å². The second kappa shape index (κ2) is 10.8. The van der Waals surface area contributed by atoms with Gasteiger partial charge in [0, 0.05) is 12.2 Å². The fraction of sp³-hybridized carbons (Fsp3) is 0.333. The summed E-state index contributed by atoms with van der Waals surface area (Å²) < 4.78 is 11.4. The van der Waals surface area contributed by atoms with Crippen LogP contribution in [0.5, 0.6) is 11.5 Å². The molecule has 0 saturated carbocycles. The summed E-state index contributed by atoms with van der Waals surface area (Å²) in [6.07, 6.45) is 2.03. The van der Waals surface area contributed by atoms with E-state index in [1.165, 1.54) is 0 Å². The molecule has 2 aromatic carbocycles. The predicted molar refractivity (Wildman–Crippen MR) is 126 cm³/mol. The minimum atomic E-state index is -0.400. The Hall–Kier alpha value is -3.06. The van der Waals surface area contributed by atoms with Crippen LogP contribution in [0.3, 0.4) is 0 Å². The van der Waals surface area contributed by atoms with Gasteiger partial charge in [0.2, 0.25) is 0 Å². The Balaban J connectivity index is 1.84. The first-order valence-corrected chi connectivity index (χ1v) is 10.9. The number of hydrogen-bond acceptors (Lipinski definition) is 4. The summed E-state index contributed by atoms with van der Waals surface area (Å²) in [4.78, 5) is 13.1. The molecular weight excluding hydrogens is 410 g/mol. The van der Waals surface area contributed by atoms with E-state index in [0.29, 0.717) is 35.3 Å². The Morgan fingerprint density at radius 1 is 1.16 bits per heavy atom. The van der Waals surface area contributed by atoms with Gasteiger partial charge in [-0.1, -0.05) is 49.7 Å². The zero-order valence-electron chi connectivity index (χ0n) is 18.2. The van der Waals surface area contributed by atoms with Crippen molar-refractivity contribution in [3.05, 3.63) is 70.9 Å². The van der Waals surface area contributed by atoms with Crippen LogP contribution in [0.25, 0.3) is 0 Å². The molecule has 0 aromatic heterocycles. The van der Waals surface area contributed by atoms with Gasteiger partial charge in [-0.15, -0.1) is 0 Å². The number of hydrogen-bond donors (Lipinski definition) is 3. The molecule has 1 heterocycles. The highest BCUT2D eigenvalue weighted by atomic mass is 32.1. The molecule has 0 fully saturated rings. The van der Waals surface area contributed by atoms with Crippen molar-refractivity contribution in [1.29, 1.82) is 0 Å². The molecular formula is C24H29N3O3S. The first-order valence-electron chi connectivity index (χ1n) is 10.4. The SMILES string of the molecule is CCCCOc1ccc(C2NC(=S)NC(C)=C2C(=O)NCc2ccccc2)cc1OC. The first kappa shape index (κ1) is 22.6. The number of benzene rings is 2. The third-order valence-electron chi connectivity index (χ3n) is 5.09. The monoisotopic (exact) mass is 439 g/mol. The van der Waals surface area contributed by atoms with Crippen molar-refractivity contribution in [2.75, 3.05) is 13.7 Å². The largest absolute Gasteiger partial charge is 0.493 e. The van der Waals surface area contributed by atoms with E-state index in [1.54, 1.807) is 7.11 Å². The minimum absolute atomic E-state index is 0.156. The standard InChI is InChI=1S/C24H29N3O3S/c1-4-5-13-30-19-12-11-18(14-20(19)29-3)22-21(16(2)26-24(31)27-22)23(28)25-15-17-9-7-6-8-10-17/h6-12,14,22H,4-5,13,15H2,1-3H3,(H,25,28)(H2,26,27,31). The predicted octanol–water partition coefficient (Wildman–Crippen LogP) is 3.98. The normalized spacial score (nSPS) is 15.7. The summed E-state index contributed by atoms with van der Waals surface area (Å²) in [6, 6.07) is 15.1. The van der Waals surface area contributed by atoms with E-state index in [1.807, 2.05) is 55.5 Å². The number of methoxy groups -OCH3 is 1. The van der Waals surface area contributed by atoms with Crippen LogP contribution >= 0.6 is 12.2 Å². The Morgan fingerprint density at radius 2 is 1.94 bits per heavy atom. The average molecular weight is 440 g/mol. The number of nitrogens with one attached hydrogen (secondary N) is 3. The number of unbranched alkanes of at least 4 members (excludes halogenated alkanes) is 1. The number of rotatable bonds is 9. The molecule has 6 nitrogen and oxygen atoms in total. The fourth-order valence-electron chi connectivity index (χ4n) is 3.43. The Kier molecular flexibility index (Phi) is 7.89. The molecule has 1 amide bonds. The second-order valence-electron chi connectivity index (χ2n) is 7.35. The number of thiocarbonyl (C=S) groups is 1. The van der Waals surface area contributed by atoms with Crippen LogP contribution in [-0.4, -0.2) is 24.7 Å². The van der Waals surface area contributed by atoms with Gasteiger partial charge in [-0.3, -0.25) is 4.79 Å². The Bertz CT molecular complexity index is 960. The van der Waals surface area contributed by atoms with Gasteiger partial charge in [0.05, 0.1) is 25.3 Å². The number of allylic oxidation sites excluding steroid dienone is 1. The van der Waals surface area contributed by atoms with Gasteiger partial charge in [-0.05, 0) is 48.8 Å². The van der Waals surface area contributed by atoms with Gasteiger partial charge in [-0.25, -0.2) is 0 Å². The zero-order valence-corrected chi connectivity index (χ0v) is 19.0. The van der Waals surface area contributed by atoms with Gasteiger partial charge in [0.1, 0.15) is 0 Å². The van der Waals surface area contributed by atoms with E-state index in [0.717, 1.165) is 29.7 Å². The first-order chi connectivity index (χ1) is 15.0. The van der Waals surface area contributed by atoms with Gasteiger partial charge in [-0.2, -0.15) is 0 Å². The maximum atomic E-state index is 13.1. The molecule has 0 saturated heterocycles. The van der Waals surface area contributed by atoms with Gasteiger partial charge in [0.25, 0.3) is 5.91 Å². The van der Waals surface area contributed by atoms with Crippen LogP contribution in [-0.2, 0) is 11.3 Å². The molecule has 0 spiro atoms. The number of amides is 1. The van der Waals surface area contributed by atoms with Crippen molar-refractivity contribution in [3.63, 3.8) is 0 Å².